The van der Waals surface area contributed by atoms with E-state index in [2.05, 4.69) is 6.07 Å². The zero-order valence-electron chi connectivity index (χ0n) is 9.54. The molecule has 0 fully saturated rings. The smallest absolute Gasteiger partial charge is 0.337 e. The fraction of sp³-hybridized carbons (Fsp3) is 0.0714. The first-order chi connectivity index (χ1) is 8.75. The Kier molecular flexibility index (Phi) is 2.64. The fourth-order valence-electron chi connectivity index (χ4n) is 2.12. The number of hydrogen-bond donors (Lipinski definition) is 1. The number of carboxylic acids is 1. The molecule has 0 spiro atoms. The molecule has 0 saturated carbocycles. The second-order valence-corrected chi connectivity index (χ2v) is 5.10. The van der Waals surface area contributed by atoms with Gasteiger partial charge in [0.2, 0.25) is 0 Å². The average Bonchev–Trinajstić information content (AvgIpc) is 2.98. The fourth-order valence-corrected chi connectivity index (χ4v) is 2.82. The summed E-state index contributed by atoms with van der Waals surface area (Å²) in [4.78, 5) is 12.4. The van der Waals surface area contributed by atoms with Crippen LogP contribution in [-0.2, 0) is 6.54 Å². The SMILES string of the molecule is O=C(O)c1cn(Cc2cccs2)c2ccccc12. The van der Waals surface area contributed by atoms with Gasteiger partial charge < -0.3 is 9.67 Å². The summed E-state index contributed by atoms with van der Waals surface area (Å²) in [5.74, 6) is -0.879. The van der Waals surface area contributed by atoms with Gasteiger partial charge in [0.15, 0.2) is 0 Å². The molecule has 90 valence electrons. The lowest BCUT2D eigenvalue weighted by Gasteiger charge is -2.02. The van der Waals surface area contributed by atoms with Gasteiger partial charge in [-0.15, -0.1) is 11.3 Å². The van der Waals surface area contributed by atoms with Crippen molar-refractivity contribution < 1.29 is 9.90 Å². The number of thiophene rings is 1. The molecule has 1 aromatic carbocycles. The highest BCUT2D eigenvalue weighted by atomic mass is 32.1. The van der Waals surface area contributed by atoms with E-state index in [9.17, 15) is 9.90 Å². The van der Waals surface area contributed by atoms with Crippen LogP contribution in [0.2, 0.25) is 0 Å². The maximum atomic E-state index is 11.2. The third kappa shape index (κ3) is 1.80. The van der Waals surface area contributed by atoms with E-state index >= 15 is 0 Å². The van der Waals surface area contributed by atoms with E-state index in [4.69, 9.17) is 0 Å². The summed E-state index contributed by atoms with van der Waals surface area (Å²) in [6.45, 7) is 0.714. The predicted octanol–water partition coefficient (Wildman–Crippen LogP) is 3.45. The molecule has 0 saturated heterocycles. The van der Waals surface area contributed by atoms with Crippen molar-refractivity contribution in [3.05, 3.63) is 58.4 Å². The number of benzene rings is 1. The maximum Gasteiger partial charge on any atom is 0.337 e. The van der Waals surface area contributed by atoms with Crippen molar-refractivity contribution in [1.82, 2.24) is 4.57 Å². The Bertz CT molecular complexity index is 698. The van der Waals surface area contributed by atoms with Crippen LogP contribution in [0, 0.1) is 0 Å². The minimum atomic E-state index is -0.879. The monoisotopic (exact) mass is 257 g/mol. The predicted molar refractivity (Wildman–Crippen MR) is 72.3 cm³/mol. The lowest BCUT2D eigenvalue weighted by molar-refractivity contribution is 0.0699. The van der Waals surface area contributed by atoms with Crippen LogP contribution in [0.25, 0.3) is 10.9 Å². The molecule has 0 amide bonds. The highest BCUT2D eigenvalue weighted by Crippen LogP contribution is 2.23. The standard InChI is InChI=1S/C14H11NO2S/c16-14(17)12-9-15(8-10-4-3-7-18-10)13-6-2-1-5-11(12)13/h1-7,9H,8H2,(H,16,17). The Hall–Kier alpha value is -2.07. The first kappa shape index (κ1) is 11.0. The second kappa shape index (κ2) is 4.31. The van der Waals surface area contributed by atoms with Crippen molar-refractivity contribution in [1.29, 1.82) is 0 Å². The first-order valence-corrected chi connectivity index (χ1v) is 6.47. The molecule has 0 radical (unpaired) electrons. The van der Waals surface area contributed by atoms with Crippen LogP contribution in [0.4, 0.5) is 0 Å². The summed E-state index contributed by atoms with van der Waals surface area (Å²) in [5.41, 5.74) is 1.32. The summed E-state index contributed by atoms with van der Waals surface area (Å²) in [5, 5.41) is 12.0. The van der Waals surface area contributed by atoms with Crippen molar-refractivity contribution in [2.45, 2.75) is 6.54 Å². The van der Waals surface area contributed by atoms with Crippen LogP contribution in [0.1, 0.15) is 15.2 Å². The van der Waals surface area contributed by atoms with Crippen LogP contribution < -0.4 is 0 Å². The first-order valence-electron chi connectivity index (χ1n) is 5.59. The van der Waals surface area contributed by atoms with E-state index in [1.165, 1.54) is 4.88 Å². The number of rotatable bonds is 3. The molecule has 1 N–H and O–H groups in total. The van der Waals surface area contributed by atoms with Gasteiger partial charge >= 0.3 is 5.97 Å². The number of carbonyl (C=O) groups is 1. The van der Waals surface area contributed by atoms with E-state index in [-0.39, 0.29) is 0 Å². The summed E-state index contributed by atoms with van der Waals surface area (Å²) in [6, 6.07) is 11.7. The number of fused-ring (bicyclic) bond motifs is 1. The number of nitrogens with zero attached hydrogens (tertiary/aromatic N) is 1. The molecule has 0 aliphatic carbocycles. The molecule has 0 bridgehead atoms. The van der Waals surface area contributed by atoms with Crippen molar-refractivity contribution >= 4 is 28.2 Å². The van der Waals surface area contributed by atoms with Crippen molar-refractivity contribution in [3.8, 4) is 0 Å². The van der Waals surface area contributed by atoms with Crippen LogP contribution in [-0.4, -0.2) is 15.6 Å². The topological polar surface area (TPSA) is 42.2 Å². The van der Waals surface area contributed by atoms with Gasteiger partial charge in [-0.2, -0.15) is 0 Å². The largest absolute Gasteiger partial charge is 0.478 e. The van der Waals surface area contributed by atoms with E-state index in [1.807, 2.05) is 40.3 Å². The minimum absolute atomic E-state index is 0.363. The third-order valence-corrected chi connectivity index (χ3v) is 3.79. The van der Waals surface area contributed by atoms with Gasteiger partial charge in [-0.3, -0.25) is 0 Å². The van der Waals surface area contributed by atoms with Crippen molar-refractivity contribution in [2.75, 3.05) is 0 Å². The third-order valence-electron chi connectivity index (χ3n) is 2.93. The lowest BCUT2D eigenvalue weighted by Crippen LogP contribution is -1.97. The molecule has 2 aromatic heterocycles. The number of carboxylic acid groups (broad SMARTS) is 1. The summed E-state index contributed by atoms with van der Waals surface area (Å²) in [6.07, 6.45) is 1.72. The van der Waals surface area contributed by atoms with E-state index in [0.717, 1.165) is 10.9 Å². The van der Waals surface area contributed by atoms with Crippen LogP contribution in [0.5, 0.6) is 0 Å². The van der Waals surface area contributed by atoms with Crippen LogP contribution in [0.15, 0.2) is 48.0 Å². The van der Waals surface area contributed by atoms with Crippen LogP contribution in [0.3, 0.4) is 0 Å². The number of aromatic nitrogens is 1. The molecule has 18 heavy (non-hydrogen) atoms. The van der Waals surface area contributed by atoms with Crippen LogP contribution >= 0.6 is 11.3 Å². The Balaban J connectivity index is 2.14. The molecule has 0 aliphatic heterocycles. The van der Waals surface area contributed by atoms with Crippen molar-refractivity contribution in [2.24, 2.45) is 0 Å². The highest BCUT2D eigenvalue weighted by molar-refractivity contribution is 7.09. The Morgan fingerprint density at radius 3 is 2.78 bits per heavy atom. The average molecular weight is 257 g/mol. The second-order valence-electron chi connectivity index (χ2n) is 4.07. The molecule has 0 aliphatic rings. The normalized spacial score (nSPS) is 10.9. The molecular weight excluding hydrogens is 246 g/mol. The molecule has 2 heterocycles. The summed E-state index contributed by atoms with van der Waals surface area (Å²) >= 11 is 1.68. The number of para-hydroxylation sites is 1. The highest BCUT2D eigenvalue weighted by Gasteiger charge is 2.13. The van der Waals surface area contributed by atoms with Gasteiger partial charge in [-0.1, -0.05) is 24.3 Å². The molecule has 0 unspecified atom stereocenters. The van der Waals surface area contributed by atoms with E-state index in [1.54, 1.807) is 17.5 Å². The Morgan fingerprint density at radius 2 is 2.06 bits per heavy atom. The molecule has 0 atom stereocenters. The summed E-state index contributed by atoms with van der Waals surface area (Å²) < 4.78 is 1.99. The maximum absolute atomic E-state index is 11.2. The molecule has 3 nitrogen and oxygen atoms in total. The number of hydrogen-bond acceptors (Lipinski definition) is 2. The number of aromatic carboxylic acids is 1. The zero-order chi connectivity index (χ0) is 12.5. The minimum Gasteiger partial charge on any atom is -0.478 e. The lowest BCUT2D eigenvalue weighted by atomic mass is 10.2. The zero-order valence-corrected chi connectivity index (χ0v) is 10.4. The molecular formula is C14H11NO2S. The molecule has 3 aromatic rings. The Labute approximate surface area is 108 Å². The summed E-state index contributed by atoms with van der Waals surface area (Å²) in [7, 11) is 0. The Morgan fingerprint density at radius 1 is 1.22 bits per heavy atom. The van der Waals surface area contributed by atoms with Gasteiger partial charge in [-0.05, 0) is 17.5 Å². The van der Waals surface area contributed by atoms with Crippen molar-refractivity contribution in [3.63, 3.8) is 0 Å². The van der Waals surface area contributed by atoms with Gasteiger partial charge in [-0.25, -0.2) is 4.79 Å². The molecule has 4 heteroatoms. The van der Waals surface area contributed by atoms with Gasteiger partial charge in [0, 0.05) is 22.0 Å². The van der Waals surface area contributed by atoms with Gasteiger partial charge in [0.05, 0.1) is 12.1 Å². The van der Waals surface area contributed by atoms with E-state index < -0.39 is 5.97 Å². The van der Waals surface area contributed by atoms with E-state index in [0.29, 0.717) is 12.1 Å². The van der Waals surface area contributed by atoms with Gasteiger partial charge in [0.25, 0.3) is 0 Å². The molecule has 3 rings (SSSR count). The van der Waals surface area contributed by atoms with Gasteiger partial charge in [0.1, 0.15) is 0 Å². The quantitative estimate of drug-likeness (QED) is 0.780.